The van der Waals surface area contributed by atoms with E-state index in [1.165, 1.54) is 0 Å². The molecule has 132 valence electrons. The van der Waals surface area contributed by atoms with Gasteiger partial charge in [-0.1, -0.05) is 0 Å². The number of rotatable bonds is 4. The molecule has 1 aromatic rings. The highest BCUT2D eigenvalue weighted by molar-refractivity contribution is 7.08. The van der Waals surface area contributed by atoms with Crippen LogP contribution in [-0.4, -0.2) is 71.6 Å². The number of nitrogens with one attached hydrogen (secondary N) is 1. The van der Waals surface area contributed by atoms with E-state index in [0.29, 0.717) is 19.5 Å². The Labute approximate surface area is 146 Å². The minimum atomic E-state index is -0.610. The maximum Gasteiger partial charge on any atom is 0.234 e. The number of thiophene rings is 1. The molecule has 1 aliphatic carbocycles. The summed E-state index contributed by atoms with van der Waals surface area (Å²) in [5.74, 6) is 0.0481. The Morgan fingerprint density at radius 2 is 2.33 bits per heavy atom. The molecule has 0 aromatic carbocycles. The van der Waals surface area contributed by atoms with Gasteiger partial charge in [0.2, 0.25) is 11.8 Å². The first kappa shape index (κ1) is 17.4. The summed E-state index contributed by atoms with van der Waals surface area (Å²) in [5, 5.41) is 17.6. The second-order valence-electron chi connectivity index (χ2n) is 6.69. The lowest BCUT2D eigenvalue weighted by Gasteiger charge is -2.45. The molecule has 2 fully saturated rings. The maximum atomic E-state index is 12.5. The van der Waals surface area contributed by atoms with Gasteiger partial charge < -0.3 is 15.3 Å². The second kappa shape index (κ2) is 7.63. The van der Waals surface area contributed by atoms with Crippen molar-refractivity contribution in [2.75, 3.05) is 26.7 Å². The number of piperazine rings is 1. The molecule has 1 aromatic heterocycles. The predicted octanol–water partition coefficient (Wildman–Crippen LogP) is 0.463. The van der Waals surface area contributed by atoms with Crippen molar-refractivity contribution in [3.05, 3.63) is 22.4 Å². The fraction of sp³-hybridized carbons (Fsp3) is 0.647. The minimum Gasteiger partial charge on any atom is -0.389 e. The highest BCUT2D eigenvalue weighted by Crippen LogP contribution is 2.27. The Morgan fingerprint density at radius 1 is 1.50 bits per heavy atom. The van der Waals surface area contributed by atoms with Gasteiger partial charge in [0, 0.05) is 26.2 Å². The topological polar surface area (TPSA) is 72.9 Å². The van der Waals surface area contributed by atoms with Crippen molar-refractivity contribution in [1.82, 2.24) is 15.1 Å². The van der Waals surface area contributed by atoms with Gasteiger partial charge in [-0.2, -0.15) is 11.3 Å². The zero-order valence-corrected chi connectivity index (χ0v) is 14.8. The molecule has 0 radical (unpaired) electrons. The van der Waals surface area contributed by atoms with Crippen molar-refractivity contribution < 1.29 is 14.7 Å². The van der Waals surface area contributed by atoms with E-state index in [2.05, 4.69) is 10.2 Å². The third-order valence-corrected chi connectivity index (χ3v) is 5.88. The monoisotopic (exact) mass is 351 g/mol. The smallest absolute Gasteiger partial charge is 0.234 e. The summed E-state index contributed by atoms with van der Waals surface area (Å²) in [6, 6.07) is 1.73. The lowest BCUT2D eigenvalue weighted by Crippen LogP contribution is -2.61. The average Bonchev–Trinajstić information content (AvgIpc) is 3.07. The Bertz CT molecular complexity index is 578. The lowest BCUT2D eigenvalue weighted by atomic mass is 9.85. The normalized spacial score (nSPS) is 28.4. The lowest BCUT2D eigenvalue weighted by molar-refractivity contribution is -0.138. The fourth-order valence-corrected chi connectivity index (χ4v) is 4.44. The number of hydrogen-bond donors (Lipinski definition) is 2. The molecule has 0 spiro atoms. The van der Waals surface area contributed by atoms with Gasteiger partial charge in [-0.05, 0) is 41.7 Å². The fourth-order valence-electron chi connectivity index (χ4n) is 3.77. The molecule has 6 nitrogen and oxygen atoms in total. The van der Waals surface area contributed by atoms with Crippen molar-refractivity contribution >= 4 is 23.2 Å². The van der Waals surface area contributed by atoms with E-state index in [1.54, 1.807) is 23.3 Å². The third kappa shape index (κ3) is 3.79. The van der Waals surface area contributed by atoms with E-state index < -0.39 is 6.10 Å². The molecule has 0 bridgehead atoms. The molecule has 24 heavy (non-hydrogen) atoms. The number of nitrogens with zero attached hydrogens (tertiary/aromatic N) is 2. The van der Waals surface area contributed by atoms with Crippen LogP contribution in [0.5, 0.6) is 0 Å². The molecule has 2 N–H and O–H groups in total. The third-order valence-electron chi connectivity index (χ3n) is 5.15. The molecule has 2 amide bonds. The summed E-state index contributed by atoms with van der Waals surface area (Å²) in [4.78, 5) is 27.9. The molecule has 0 unspecified atom stereocenters. The minimum absolute atomic E-state index is 0.0115. The number of carbonyl (C=O) groups is 2. The molecule has 1 saturated carbocycles. The standard InChI is InChI=1S/C17H25N3O3S/c1-19(16(22)9-12-5-8-24-11-12)13-3-2-4-14(17(13)23)20-7-6-18-15(21)10-20/h5,8,11,13-14,17,23H,2-4,6-7,9-10H2,1H3,(H,18,21)/t13-,14-,17-/m1/s1. The molecule has 3 atom stereocenters. The van der Waals surface area contributed by atoms with Crippen LogP contribution in [0.4, 0.5) is 0 Å². The number of aliphatic hydroxyl groups excluding tert-OH is 1. The van der Waals surface area contributed by atoms with Crippen LogP contribution in [0.3, 0.4) is 0 Å². The molecule has 1 saturated heterocycles. The van der Waals surface area contributed by atoms with E-state index in [4.69, 9.17) is 0 Å². The van der Waals surface area contributed by atoms with Crippen LogP contribution >= 0.6 is 11.3 Å². The van der Waals surface area contributed by atoms with Crippen LogP contribution in [0.2, 0.25) is 0 Å². The maximum absolute atomic E-state index is 12.5. The first-order valence-electron chi connectivity index (χ1n) is 8.52. The molecule has 3 rings (SSSR count). The van der Waals surface area contributed by atoms with Crippen LogP contribution in [-0.2, 0) is 16.0 Å². The first-order chi connectivity index (χ1) is 11.6. The molecular formula is C17H25N3O3S. The van der Waals surface area contributed by atoms with Gasteiger partial charge in [0.05, 0.1) is 25.1 Å². The number of hydrogen-bond acceptors (Lipinski definition) is 5. The van der Waals surface area contributed by atoms with Gasteiger partial charge in [-0.15, -0.1) is 0 Å². The Morgan fingerprint density at radius 3 is 3.04 bits per heavy atom. The highest BCUT2D eigenvalue weighted by atomic mass is 32.1. The quantitative estimate of drug-likeness (QED) is 0.827. The summed E-state index contributed by atoms with van der Waals surface area (Å²) < 4.78 is 0. The predicted molar refractivity (Wildman–Crippen MR) is 92.8 cm³/mol. The molecule has 1 aliphatic heterocycles. The zero-order valence-electron chi connectivity index (χ0n) is 14.0. The van der Waals surface area contributed by atoms with Gasteiger partial charge in [0.15, 0.2) is 0 Å². The summed E-state index contributed by atoms with van der Waals surface area (Å²) in [6.45, 7) is 1.72. The van der Waals surface area contributed by atoms with Crippen molar-refractivity contribution in [3.8, 4) is 0 Å². The molecule has 2 heterocycles. The van der Waals surface area contributed by atoms with Gasteiger partial charge in [0.1, 0.15) is 0 Å². The number of likely N-dealkylation sites (N-methyl/N-ethyl adjacent to an activating group) is 1. The van der Waals surface area contributed by atoms with Gasteiger partial charge >= 0.3 is 0 Å². The number of amides is 2. The van der Waals surface area contributed by atoms with E-state index in [0.717, 1.165) is 31.4 Å². The van der Waals surface area contributed by atoms with E-state index in [-0.39, 0.29) is 23.9 Å². The van der Waals surface area contributed by atoms with Crippen molar-refractivity contribution in [1.29, 1.82) is 0 Å². The number of carbonyl (C=O) groups excluding carboxylic acids is 2. The molecule has 2 aliphatic rings. The second-order valence-corrected chi connectivity index (χ2v) is 7.47. The van der Waals surface area contributed by atoms with E-state index in [9.17, 15) is 14.7 Å². The average molecular weight is 351 g/mol. The van der Waals surface area contributed by atoms with Crippen molar-refractivity contribution in [3.63, 3.8) is 0 Å². The van der Waals surface area contributed by atoms with Crippen LogP contribution in [0.1, 0.15) is 24.8 Å². The van der Waals surface area contributed by atoms with Crippen molar-refractivity contribution in [2.24, 2.45) is 0 Å². The van der Waals surface area contributed by atoms with Crippen LogP contribution < -0.4 is 5.32 Å². The summed E-state index contributed by atoms with van der Waals surface area (Å²) in [5.41, 5.74) is 1.02. The summed E-state index contributed by atoms with van der Waals surface area (Å²) in [7, 11) is 1.79. The first-order valence-corrected chi connectivity index (χ1v) is 9.46. The zero-order chi connectivity index (χ0) is 17.1. The van der Waals surface area contributed by atoms with Gasteiger partial charge in [-0.25, -0.2) is 0 Å². The Kier molecular flexibility index (Phi) is 5.53. The van der Waals surface area contributed by atoms with Gasteiger partial charge in [0.25, 0.3) is 0 Å². The number of aliphatic hydroxyl groups is 1. The van der Waals surface area contributed by atoms with Crippen LogP contribution in [0.25, 0.3) is 0 Å². The molecule has 7 heteroatoms. The summed E-state index contributed by atoms with van der Waals surface area (Å²) in [6.07, 6.45) is 2.41. The van der Waals surface area contributed by atoms with Crippen molar-refractivity contribution in [2.45, 2.75) is 43.9 Å². The largest absolute Gasteiger partial charge is 0.389 e. The van der Waals surface area contributed by atoms with Crippen LogP contribution in [0.15, 0.2) is 16.8 Å². The Balaban J connectivity index is 1.64. The van der Waals surface area contributed by atoms with E-state index >= 15 is 0 Å². The molecular weight excluding hydrogens is 326 g/mol. The SMILES string of the molecule is CN(C(=O)Cc1ccsc1)[C@@H]1CCC[C@@H](N2CCNC(=O)C2)[C@@H]1O. The van der Waals surface area contributed by atoms with Gasteiger partial charge in [-0.3, -0.25) is 14.5 Å². The van der Waals surface area contributed by atoms with Crippen LogP contribution in [0, 0.1) is 0 Å². The highest BCUT2D eigenvalue weighted by Gasteiger charge is 2.39. The van der Waals surface area contributed by atoms with E-state index in [1.807, 2.05) is 16.8 Å². The summed E-state index contributed by atoms with van der Waals surface area (Å²) >= 11 is 1.58. The Hall–Kier alpha value is -1.44.